The molecule has 0 saturated carbocycles. The van der Waals surface area contributed by atoms with Crippen molar-refractivity contribution in [3.63, 3.8) is 0 Å². The molecular weight excluding hydrogens is 276 g/mol. The molecule has 5 nitrogen and oxygen atoms in total. The minimum Gasteiger partial charge on any atom is -0.497 e. The Morgan fingerprint density at radius 1 is 1.09 bits per heavy atom. The number of rotatable bonds is 2. The lowest BCUT2D eigenvalue weighted by molar-refractivity contribution is 0.415. The fraction of sp³-hybridized carbons (Fsp3) is 0.176. The minimum absolute atomic E-state index is 0.849. The molecule has 0 saturated heterocycles. The van der Waals surface area contributed by atoms with Crippen molar-refractivity contribution in [1.29, 1.82) is 0 Å². The standard InChI is InChI=1S/C17H16N4O/c1-10-16-9-18-17-15(21(16)11(2)19-10)8-14(20-17)12-4-6-13(22-3)7-5-12/h4-9,20H,1-3H3. The van der Waals surface area contributed by atoms with E-state index in [0.29, 0.717) is 0 Å². The molecule has 5 heteroatoms. The quantitative estimate of drug-likeness (QED) is 0.615. The van der Waals surface area contributed by atoms with E-state index < -0.39 is 0 Å². The maximum atomic E-state index is 5.21. The molecule has 0 spiro atoms. The van der Waals surface area contributed by atoms with Gasteiger partial charge in [0.05, 0.1) is 30.0 Å². The van der Waals surface area contributed by atoms with Crippen LogP contribution in [0.1, 0.15) is 11.5 Å². The van der Waals surface area contributed by atoms with Gasteiger partial charge in [-0.05, 0) is 49.7 Å². The van der Waals surface area contributed by atoms with Crippen molar-refractivity contribution in [2.75, 3.05) is 7.11 Å². The highest BCUT2D eigenvalue weighted by atomic mass is 16.5. The Bertz CT molecular complexity index is 979. The number of hydrogen-bond donors (Lipinski definition) is 1. The molecule has 1 aromatic carbocycles. The maximum Gasteiger partial charge on any atom is 0.154 e. The number of methoxy groups -OCH3 is 1. The van der Waals surface area contributed by atoms with E-state index in [4.69, 9.17) is 4.74 Å². The number of fused-ring (bicyclic) bond motifs is 3. The number of hydrogen-bond acceptors (Lipinski definition) is 3. The number of aryl methyl sites for hydroxylation is 2. The predicted molar refractivity (Wildman–Crippen MR) is 86.3 cm³/mol. The number of nitrogens with one attached hydrogen (secondary N) is 1. The van der Waals surface area contributed by atoms with E-state index in [2.05, 4.69) is 25.4 Å². The summed E-state index contributed by atoms with van der Waals surface area (Å²) in [6.45, 7) is 4.02. The number of H-pyrrole nitrogens is 1. The Balaban J connectivity index is 1.94. The van der Waals surface area contributed by atoms with Gasteiger partial charge >= 0.3 is 0 Å². The molecule has 0 amide bonds. The van der Waals surface area contributed by atoms with Gasteiger partial charge < -0.3 is 9.72 Å². The van der Waals surface area contributed by atoms with Crippen LogP contribution >= 0.6 is 0 Å². The SMILES string of the molecule is COc1ccc(-c2cc3c(ncc4c(C)nc(C)n43)[nH]2)cc1. The lowest BCUT2D eigenvalue weighted by atomic mass is 10.1. The van der Waals surface area contributed by atoms with Crippen LogP contribution in [0.25, 0.3) is 27.9 Å². The second-order valence-corrected chi connectivity index (χ2v) is 5.37. The van der Waals surface area contributed by atoms with Gasteiger partial charge in [-0.2, -0.15) is 0 Å². The molecule has 0 fully saturated rings. The van der Waals surface area contributed by atoms with E-state index in [0.717, 1.165) is 45.2 Å². The monoisotopic (exact) mass is 292 g/mol. The average Bonchev–Trinajstić information content (AvgIpc) is 3.08. The van der Waals surface area contributed by atoms with Crippen LogP contribution < -0.4 is 4.74 Å². The Morgan fingerprint density at radius 3 is 2.59 bits per heavy atom. The fourth-order valence-corrected chi connectivity index (χ4v) is 2.89. The van der Waals surface area contributed by atoms with E-state index in [1.165, 1.54) is 0 Å². The second kappa shape index (κ2) is 4.59. The van der Waals surface area contributed by atoms with Crippen molar-refractivity contribution in [2.24, 2.45) is 0 Å². The molecule has 22 heavy (non-hydrogen) atoms. The Hall–Kier alpha value is -2.82. The van der Waals surface area contributed by atoms with E-state index in [-0.39, 0.29) is 0 Å². The van der Waals surface area contributed by atoms with Crippen molar-refractivity contribution in [1.82, 2.24) is 19.4 Å². The molecule has 4 rings (SSSR count). The van der Waals surface area contributed by atoms with Gasteiger partial charge in [0.25, 0.3) is 0 Å². The lowest BCUT2D eigenvalue weighted by Crippen LogP contribution is -1.90. The molecule has 3 aromatic heterocycles. The third kappa shape index (κ3) is 1.79. The number of ether oxygens (including phenoxy) is 1. The third-order valence-electron chi connectivity index (χ3n) is 4.00. The lowest BCUT2D eigenvalue weighted by Gasteiger charge is -2.00. The zero-order chi connectivity index (χ0) is 15.3. The van der Waals surface area contributed by atoms with Crippen LogP contribution in [0.15, 0.2) is 36.5 Å². The molecule has 1 N–H and O–H groups in total. The zero-order valence-electron chi connectivity index (χ0n) is 12.7. The summed E-state index contributed by atoms with van der Waals surface area (Å²) in [6, 6.07) is 10.1. The summed E-state index contributed by atoms with van der Waals surface area (Å²) in [5.41, 5.74) is 6.08. The summed E-state index contributed by atoms with van der Waals surface area (Å²) < 4.78 is 7.35. The summed E-state index contributed by atoms with van der Waals surface area (Å²) >= 11 is 0. The summed E-state index contributed by atoms with van der Waals surface area (Å²) in [7, 11) is 1.67. The molecule has 0 aliphatic carbocycles. The van der Waals surface area contributed by atoms with Crippen LogP contribution in [0.3, 0.4) is 0 Å². The first-order valence-corrected chi connectivity index (χ1v) is 7.15. The van der Waals surface area contributed by atoms with E-state index in [1.54, 1.807) is 7.11 Å². The molecule has 0 aliphatic rings. The highest BCUT2D eigenvalue weighted by Crippen LogP contribution is 2.26. The maximum absolute atomic E-state index is 5.21. The molecule has 3 heterocycles. The average molecular weight is 292 g/mol. The third-order valence-corrected chi connectivity index (χ3v) is 4.00. The summed E-state index contributed by atoms with van der Waals surface area (Å²) in [4.78, 5) is 12.4. The van der Waals surface area contributed by atoms with Gasteiger partial charge in [-0.3, -0.25) is 4.40 Å². The van der Waals surface area contributed by atoms with E-state index in [1.807, 2.05) is 44.3 Å². The smallest absolute Gasteiger partial charge is 0.154 e. The molecule has 0 unspecified atom stereocenters. The normalized spacial score (nSPS) is 11.4. The molecular formula is C17H16N4O. The van der Waals surface area contributed by atoms with Crippen molar-refractivity contribution >= 4 is 16.7 Å². The topological polar surface area (TPSA) is 55.2 Å². The van der Waals surface area contributed by atoms with Gasteiger partial charge in [-0.1, -0.05) is 0 Å². The number of imidazole rings is 1. The largest absolute Gasteiger partial charge is 0.497 e. The number of benzene rings is 1. The number of nitrogens with zero attached hydrogens (tertiary/aromatic N) is 3. The molecule has 110 valence electrons. The first-order chi connectivity index (χ1) is 10.7. The predicted octanol–water partition coefficient (Wildman–Crippen LogP) is 3.50. The van der Waals surface area contributed by atoms with E-state index in [9.17, 15) is 0 Å². The highest BCUT2D eigenvalue weighted by Gasteiger charge is 2.12. The Morgan fingerprint density at radius 2 is 1.86 bits per heavy atom. The minimum atomic E-state index is 0.849. The first-order valence-electron chi connectivity index (χ1n) is 7.15. The van der Waals surface area contributed by atoms with Crippen molar-refractivity contribution in [3.05, 3.63) is 48.0 Å². The van der Waals surface area contributed by atoms with Gasteiger partial charge in [0.15, 0.2) is 5.65 Å². The Kier molecular flexibility index (Phi) is 2.69. The zero-order valence-corrected chi connectivity index (χ0v) is 12.7. The first kappa shape index (κ1) is 12.9. The van der Waals surface area contributed by atoms with Crippen LogP contribution in [0.2, 0.25) is 0 Å². The highest BCUT2D eigenvalue weighted by molar-refractivity contribution is 5.83. The van der Waals surface area contributed by atoms with Crippen molar-refractivity contribution in [3.8, 4) is 17.0 Å². The van der Waals surface area contributed by atoms with Crippen LogP contribution in [0, 0.1) is 13.8 Å². The summed E-state index contributed by atoms with van der Waals surface area (Å²) in [6.07, 6.45) is 1.87. The number of aromatic nitrogens is 4. The van der Waals surface area contributed by atoms with Crippen molar-refractivity contribution < 1.29 is 4.74 Å². The van der Waals surface area contributed by atoms with Crippen LogP contribution in [0.4, 0.5) is 0 Å². The van der Waals surface area contributed by atoms with Gasteiger partial charge in [-0.15, -0.1) is 0 Å². The fourth-order valence-electron chi connectivity index (χ4n) is 2.89. The second-order valence-electron chi connectivity index (χ2n) is 5.37. The van der Waals surface area contributed by atoms with Gasteiger partial charge in [-0.25, -0.2) is 9.97 Å². The molecule has 0 atom stereocenters. The van der Waals surface area contributed by atoms with Gasteiger partial charge in [0.2, 0.25) is 0 Å². The molecule has 0 aliphatic heterocycles. The Labute approximate surface area is 127 Å². The van der Waals surface area contributed by atoms with Crippen LogP contribution in [-0.4, -0.2) is 26.5 Å². The molecule has 0 radical (unpaired) electrons. The molecule has 0 bridgehead atoms. The van der Waals surface area contributed by atoms with Crippen LogP contribution in [-0.2, 0) is 0 Å². The summed E-state index contributed by atoms with van der Waals surface area (Å²) in [5, 5.41) is 0. The summed E-state index contributed by atoms with van der Waals surface area (Å²) in [5.74, 6) is 1.82. The number of aromatic amines is 1. The van der Waals surface area contributed by atoms with Gasteiger partial charge in [0, 0.05) is 5.69 Å². The molecule has 4 aromatic rings. The van der Waals surface area contributed by atoms with E-state index >= 15 is 0 Å². The van der Waals surface area contributed by atoms with Crippen molar-refractivity contribution in [2.45, 2.75) is 13.8 Å². The van der Waals surface area contributed by atoms with Crippen LogP contribution in [0.5, 0.6) is 5.75 Å². The van der Waals surface area contributed by atoms with Gasteiger partial charge in [0.1, 0.15) is 11.6 Å².